The van der Waals surface area contributed by atoms with Crippen molar-refractivity contribution in [2.75, 3.05) is 24.7 Å². The van der Waals surface area contributed by atoms with E-state index in [-0.39, 0.29) is 0 Å². The molecular weight excluding hydrogens is 336 g/mol. The van der Waals surface area contributed by atoms with Crippen LogP contribution < -0.4 is 0 Å². The summed E-state index contributed by atoms with van der Waals surface area (Å²) in [5.41, 5.74) is 0. The molecule has 0 aromatic heterocycles. The summed E-state index contributed by atoms with van der Waals surface area (Å²) in [6.45, 7) is -1.06. The maximum Gasteiger partial charge on any atom is 0.394 e. The van der Waals surface area contributed by atoms with Gasteiger partial charge in [-0.05, 0) is 0 Å². The van der Waals surface area contributed by atoms with Crippen molar-refractivity contribution in [3.63, 3.8) is 0 Å². The number of rotatable bonds is 4. The third-order valence-corrected chi connectivity index (χ3v) is 2.10. The predicted octanol–water partition coefficient (Wildman–Crippen LogP) is -2.92. The zero-order chi connectivity index (χ0) is 16.3. The van der Waals surface area contributed by atoms with Gasteiger partial charge in [-0.1, -0.05) is 0 Å². The molecule has 0 aliphatic carbocycles. The molecule has 0 saturated heterocycles. The van der Waals surface area contributed by atoms with Crippen LogP contribution >= 0.6 is 0 Å². The van der Waals surface area contributed by atoms with Crippen molar-refractivity contribution in [3.8, 4) is 0 Å². The third kappa shape index (κ3) is 74.1. The smallest absolute Gasteiger partial charge is 0.394 e. The fraction of sp³-hybridized carbons (Fsp3) is 1.00. The summed E-state index contributed by atoms with van der Waals surface area (Å²) in [5.74, 6) is -1.15. The molecule has 0 saturated carbocycles. The normalized spacial score (nSPS) is 11.7. The minimum atomic E-state index is -4.67. The molecular formula is C4H14O12S3. The average Bonchev–Trinajstić information content (AvgIpc) is 1.95. The third-order valence-electron chi connectivity index (χ3n) is 0.698. The van der Waals surface area contributed by atoms with Crippen LogP contribution in [0.5, 0.6) is 0 Å². The topological polar surface area (TPSA) is 224 Å². The van der Waals surface area contributed by atoms with E-state index in [0.29, 0.717) is 0 Å². The molecule has 0 aliphatic heterocycles. The standard InChI is InChI=1S/2C2H6O4S.H2O4S/c2*3-1-2-7(4,5)6;1-5(2,3)4/h2*3H,1-2H2,(H,4,5,6);(H2,1,2,3,4). The Balaban J connectivity index is -0.000000206. The summed E-state index contributed by atoms with van der Waals surface area (Å²) in [7, 11) is -12.5. The van der Waals surface area contributed by atoms with Gasteiger partial charge in [0.25, 0.3) is 20.2 Å². The van der Waals surface area contributed by atoms with Gasteiger partial charge in [0, 0.05) is 0 Å². The summed E-state index contributed by atoms with van der Waals surface area (Å²) < 4.78 is 85.8. The molecule has 0 amide bonds. The molecule has 0 aromatic carbocycles. The summed E-state index contributed by atoms with van der Waals surface area (Å²) in [6, 6.07) is 0. The van der Waals surface area contributed by atoms with E-state index in [1.165, 1.54) is 0 Å². The zero-order valence-corrected chi connectivity index (χ0v) is 11.6. The van der Waals surface area contributed by atoms with Crippen molar-refractivity contribution >= 4 is 30.6 Å². The highest BCUT2D eigenvalue weighted by atomic mass is 32.3. The summed E-state index contributed by atoms with van der Waals surface area (Å²) in [5, 5.41) is 15.7. The maximum absolute atomic E-state index is 9.63. The lowest BCUT2D eigenvalue weighted by molar-refractivity contribution is 0.314. The molecule has 120 valence electrons. The predicted molar refractivity (Wildman–Crippen MR) is 61.2 cm³/mol. The Kier molecular flexibility index (Phi) is 13.0. The Labute approximate surface area is 109 Å². The van der Waals surface area contributed by atoms with Crippen molar-refractivity contribution in [1.82, 2.24) is 0 Å². The van der Waals surface area contributed by atoms with E-state index < -0.39 is 55.4 Å². The van der Waals surface area contributed by atoms with Gasteiger partial charge in [-0.3, -0.25) is 18.2 Å². The molecule has 6 N–H and O–H groups in total. The van der Waals surface area contributed by atoms with Gasteiger partial charge in [0.1, 0.15) is 0 Å². The molecule has 0 spiro atoms. The molecule has 0 heterocycles. The van der Waals surface area contributed by atoms with Crippen molar-refractivity contribution in [2.45, 2.75) is 0 Å². The lowest BCUT2D eigenvalue weighted by Gasteiger charge is -1.85. The van der Waals surface area contributed by atoms with Crippen LogP contribution in [0.25, 0.3) is 0 Å². The van der Waals surface area contributed by atoms with Gasteiger partial charge < -0.3 is 10.2 Å². The van der Waals surface area contributed by atoms with E-state index >= 15 is 0 Å². The summed E-state index contributed by atoms with van der Waals surface area (Å²) in [4.78, 5) is 0. The highest BCUT2D eigenvalue weighted by molar-refractivity contribution is 7.86. The first-order chi connectivity index (χ1) is 8.12. The number of hydrogen-bond acceptors (Lipinski definition) is 8. The van der Waals surface area contributed by atoms with Crippen LogP contribution in [0.2, 0.25) is 0 Å². The van der Waals surface area contributed by atoms with Crippen LogP contribution in [0, 0.1) is 0 Å². The van der Waals surface area contributed by atoms with Crippen molar-refractivity contribution in [3.05, 3.63) is 0 Å². The molecule has 0 bridgehead atoms. The SMILES string of the molecule is O=S(=O)(O)CCO.O=S(=O)(O)CCO.O=S(=O)(O)O. The Hall–Kier alpha value is -0.390. The van der Waals surface area contributed by atoms with Gasteiger partial charge in [-0.2, -0.15) is 25.3 Å². The van der Waals surface area contributed by atoms with Gasteiger partial charge in [0.2, 0.25) is 0 Å². The molecule has 0 atom stereocenters. The largest absolute Gasteiger partial charge is 0.395 e. The monoisotopic (exact) mass is 350 g/mol. The molecule has 15 heteroatoms. The molecule has 0 aromatic rings. The average molecular weight is 350 g/mol. The van der Waals surface area contributed by atoms with Crippen LogP contribution in [-0.4, -0.2) is 78.4 Å². The van der Waals surface area contributed by atoms with Crippen LogP contribution in [0.3, 0.4) is 0 Å². The van der Waals surface area contributed by atoms with Gasteiger partial charge in [-0.25, -0.2) is 0 Å². The van der Waals surface area contributed by atoms with E-state index in [1.807, 2.05) is 0 Å². The van der Waals surface area contributed by atoms with E-state index in [9.17, 15) is 16.8 Å². The molecule has 12 nitrogen and oxygen atoms in total. The minimum absolute atomic E-state index is 0.529. The fourth-order valence-corrected chi connectivity index (χ4v) is 0.692. The van der Waals surface area contributed by atoms with Crippen molar-refractivity contribution in [1.29, 1.82) is 0 Å². The second kappa shape index (κ2) is 10.4. The minimum Gasteiger partial charge on any atom is -0.395 e. The fourth-order valence-electron chi connectivity index (χ4n) is 0.231. The van der Waals surface area contributed by atoms with Gasteiger partial charge in [-0.15, -0.1) is 0 Å². The summed E-state index contributed by atoms with van der Waals surface area (Å²) >= 11 is 0. The summed E-state index contributed by atoms with van der Waals surface area (Å²) in [6.07, 6.45) is 0. The lowest BCUT2D eigenvalue weighted by Crippen LogP contribution is -2.06. The number of aliphatic hydroxyl groups is 2. The van der Waals surface area contributed by atoms with Gasteiger partial charge in [0.05, 0.1) is 24.7 Å². The van der Waals surface area contributed by atoms with E-state index in [4.69, 9.17) is 36.8 Å². The maximum atomic E-state index is 9.63. The molecule has 0 fully saturated rings. The Morgan fingerprint density at radius 1 is 0.579 bits per heavy atom. The first kappa shape index (κ1) is 23.7. The number of aliphatic hydroxyl groups excluding tert-OH is 2. The zero-order valence-electron chi connectivity index (χ0n) is 9.19. The molecule has 19 heavy (non-hydrogen) atoms. The van der Waals surface area contributed by atoms with Crippen LogP contribution in [-0.2, 0) is 30.6 Å². The lowest BCUT2D eigenvalue weighted by atomic mass is 10.9. The second-order valence-electron chi connectivity index (χ2n) is 2.47. The van der Waals surface area contributed by atoms with Crippen LogP contribution in [0.1, 0.15) is 0 Å². The highest BCUT2D eigenvalue weighted by Gasteiger charge is 1.99. The Morgan fingerprint density at radius 3 is 0.737 bits per heavy atom. The quantitative estimate of drug-likeness (QED) is 0.280. The van der Waals surface area contributed by atoms with E-state index in [2.05, 4.69) is 0 Å². The first-order valence-corrected chi connectivity index (χ1v) is 8.56. The Morgan fingerprint density at radius 2 is 0.737 bits per heavy atom. The van der Waals surface area contributed by atoms with E-state index in [1.54, 1.807) is 0 Å². The molecule has 0 aliphatic rings. The van der Waals surface area contributed by atoms with Gasteiger partial charge in [0.15, 0.2) is 0 Å². The van der Waals surface area contributed by atoms with Crippen molar-refractivity contribution in [2.24, 2.45) is 0 Å². The second-order valence-corrected chi connectivity index (χ2v) is 6.51. The molecule has 0 rings (SSSR count). The first-order valence-electron chi connectivity index (χ1n) is 3.94. The van der Waals surface area contributed by atoms with Gasteiger partial charge >= 0.3 is 10.4 Å². The molecule has 0 unspecified atom stereocenters. The van der Waals surface area contributed by atoms with Crippen LogP contribution in [0.15, 0.2) is 0 Å². The van der Waals surface area contributed by atoms with Crippen molar-refractivity contribution < 1.29 is 53.7 Å². The molecule has 0 radical (unpaired) electrons. The number of hydrogen-bond donors (Lipinski definition) is 6. The van der Waals surface area contributed by atoms with Crippen LogP contribution in [0.4, 0.5) is 0 Å². The Bertz CT molecular complexity index is 455. The highest BCUT2D eigenvalue weighted by Crippen LogP contribution is 1.76. The van der Waals surface area contributed by atoms with E-state index in [0.717, 1.165) is 0 Å².